The van der Waals surface area contributed by atoms with Crippen LogP contribution >= 0.6 is 0 Å². The lowest BCUT2D eigenvalue weighted by Gasteiger charge is -2.12. The molecule has 5 nitrogen and oxygen atoms in total. The van der Waals surface area contributed by atoms with Gasteiger partial charge < -0.3 is 15.2 Å². The molecule has 0 aromatic heterocycles. The third-order valence-electron chi connectivity index (χ3n) is 2.05. The number of alkyl halides is 3. The Hall–Kier alpha value is -1.31. The minimum Gasteiger partial charge on any atom is -0.479 e. The minimum absolute atomic E-state index is 0.112. The second-order valence-corrected chi connectivity index (χ2v) is 3.36. The Labute approximate surface area is 88.6 Å². The topological polar surface area (TPSA) is 75.6 Å². The van der Waals surface area contributed by atoms with Crippen LogP contribution < -0.4 is 5.32 Å². The van der Waals surface area contributed by atoms with E-state index in [-0.39, 0.29) is 12.8 Å². The highest BCUT2D eigenvalue weighted by Gasteiger charge is 2.36. The first-order valence-electron chi connectivity index (χ1n) is 4.52. The van der Waals surface area contributed by atoms with Gasteiger partial charge in [0.05, 0.1) is 0 Å². The highest BCUT2D eigenvalue weighted by molar-refractivity contribution is 5.82. The standard InChI is InChI=1S/C8H10F3NO4/c9-8(10,11)3-12-6(13)4-1-2-5(16-4)7(14)15/h4-5H,1-3H2,(H,12,13)(H,14,15). The summed E-state index contributed by atoms with van der Waals surface area (Å²) in [5.74, 6) is -2.15. The van der Waals surface area contributed by atoms with Gasteiger partial charge in [-0.15, -0.1) is 0 Å². The summed E-state index contributed by atoms with van der Waals surface area (Å²) in [6.45, 7) is -1.44. The van der Waals surface area contributed by atoms with Crippen LogP contribution in [0.25, 0.3) is 0 Å². The summed E-state index contributed by atoms with van der Waals surface area (Å²) in [6, 6.07) is 0. The molecule has 2 N–H and O–H groups in total. The van der Waals surface area contributed by atoms with Gasteiger partial charge in [0, 0.05) is 0 Å². The van der Waals surface area contributed by atoms with E-state index in [0.29, 0.717) is 0 Å². The van der Waals surface area contributed by atoms with Crippen LogP contribution in [0.4, 0.5) is 13.2 Å². The maximum absolute atomic E-state index is 11.8. The maximum atomic E-state index is 11.8. The molecule has 16 heavy (non-hydrogen) atoms. The van der Waals surface area contributed by atoms with Crippen molar-refractivity contribution in [1.29, 1.82) is 0 Å². The lowest BCUT2D eigenvalue weighted by molar-refractivity contribution is -0.154. The molecular weight excluding hydrogens is 231 g/mol. The molecule has 1 rings (SSSR count). The highest BCUT2D eigenvalue weighted by atomic mass is 19.4. The van der Waals surface area contributed by atoms with E-state index in [0.717, 1.165) is 0 Å². The van der Waals surface area contributed by atoms with Gasteiger partial charge >= 0.3 is 12.1 Å². The Kier molecular flexibility index (Phi) is 3.74. The van der Waals surface area contributed by atoms with Crippen molar-refractivity contribution < 1.29 is 32.6 Å². The quantitative estimate of drug-likeness (QED) is 0.745. The second kappa shape index (κ2) is 4.69. The van der Waals surface area contributed by atoms with Gasteiger partial charge in [-0.3, -0.25) is 4.79 Å². The third-order valence-corrected chi connectivity index (χ3v) is 2.05. The lowest BCUT2D eigenvalue weighted by Crippen LogP contribution is -2.40. The molecule has 1 heterocycles. The van der Waals surface area contributed by atoms with Gasteiger partial charge in [0.2, 0.25) is 5.91 Å². The zero-order valence-corrected chi connectivity index (χ0v) is 8.08. The average molecular weight is 241 g/mol. The zero-order valence-electron chi connectivity index (χ0n) is 8.08. The summed E-state index contributed by atoms with van der Waals surface area (Å²) < 4.78 is 40.0. The fraction of sp³-hybridized carbons (Fsp3) is 0.750. The minimum atomic E-state index is -4.49. The SMILES string of the molecule is O=C(O)C1CCC(C(=O)NCC(F)(F)F)O1. The van der Waals surface area contributed by atoms with Crippen molar-refractivity contribution in [2.75, 3.05) is 6.54 Å². The number of carboxylic acid groups (broad SMARTS) is 1. The number of nitrogens with one attached hydrogen (secondary N) is 1. The molecule has 0 bridgehead atoms. The summed E-state index contributed by atoms with van der Waals surface area (Å²) in [6.07, 6.45) is -6.47. The number of carboxylic acids is 1. The molecule has 2 atom stereocenters. The van der Waals surface area contributed by atoms with Gasteiger partial charge in [-0.25, -0.2) is 4.79 Å². The molecule has 1 aliphatic heterocycles. The van der Waals surface area contributed by atoms with Crippen LogP contribution in [0, 0.1) is 0 Å². The first kappa shape index (κ1) is 12.8. The smallest absolute Gasteiger partial charge is 0.405 e. The molecule has 1 fully saturated rings. The monoisotopic (exact) mass is 241 g/mol. The van der Waals surface area contributed by atoms with Gasteiger partial charge in [-0.1, -0.05) is 0 Å². The van der Waals surface area contributed by atoms with Crippen LogP contribution in [0.15, 0.2) is 0 Å². The summed E-state index contributed by atoms with van der Waals surface area (Å²) in [4.78, 5) is 21.6. The number of halogens is 3. The Morgan fingerprint density at radius 2 is 1.88 bits per heavy atom. The van der Waals surface area contributed by atoms with Crippen molar-refractivity contribution in [3.63, 3.8) is 0 Å². The second-order valence-electron chi connectivity index (χ2n) is 3.36. The molecule has 1 saturated heterocycles. The molecule has 92 valence electrons. The lowest BCUT2D eigenvalue weighted by atomic mass is 10.2. The van der Waals surface area contributed by atoms with Crippen LogP contribution in [0.2, 0.25) is 0 Å². The molecule has 0 spiro atoms. The Morgan fingerprint density at radius 3 is 2.31 bits per heavy atom. The molecule has 0 aliphatic carbocycles. The molecule has 0 saturated carbocycles. The van der Waals surface area contributed by atoms with Gasteiger partial charge in [0.15, 0.2) is 6.10 Å². The van der Waals surface area contributed by atoms with Crippen LogP contribution in [-0.2, 0) is 14.3 Å². The van der Waals surface area contributed by atoms with Crippen molar-refractivity contribution in [2.24, 2.45) is 0 Å². The fourth-order valence-electron chi connectivity index (χ4n) is 1.31. The number of aliphatic carboxylic acids is 1. The number of ether oxygens (including phenoxy) is 1. The van der Waals surface area contributed by atoms with Crippen molar-refractivity contribution >= 4 is 11.9 Å². The largest absolute Gasteiger partial charge is 0.479 e. The van der Waals surface area contributed by atoms with Crippen molar-refractivity contribution in [3.05, 3.63) is 0 Å². The average Bonchev–Trinajstić information content (AvgIpc) is 2.61. The van der Waals surface area contributed by atoms with Crippen LogP contribution in [0.1, 0.15) is 12.8 Å². The summed E-state index contributed by atoms with van der Waals surface area (Å²) >= 11 is 0. The van der Waals surface area contributed by atoms with E-state index in [9.17, 15) is 22.8 Å². The summed E-state index contributed by atoms with van der Waals surface area (Å²) in [5, 5.41) is 10.2. The molecular formula is C8H10F3NO4. The van der Waals surface area contributed by atoms with E-state index in [4.69, 9.17) is 9.84 Å². The van der Waals surface area contributed by atoms with Gasteiger partial charge in [-0.2, -0.15) is 13.2 Å². The van der Waals surface area contributed by atoms with Gasteiger partial charge in [0.25, 0.3) is 0 Å². The van der Waals surface area contributed by atoms with Crippen molar-refractivity contribution in [3.8, 4) is 0 Å². The van der Waals surface area contributed by atoms with E-state index in [1.165, 1.54) is 0 Å². The summed E-state index contributed by atoms with van der Waals surface area (Å²) in [5.41, 5.74) is 0. The molecule has 8 heteroatoms. The van der Waals surface area contributed by atoms with E-state index >= 15 is 0 Å². The summed E-state index contributed by atoms with van der Waals surface area (Å²) in [7, 11) is 0. The van der Waals surface area contributed by atoms with E-state index < -0.39 is 36.8 Å². The Morgan fingerprint density at radius 1 is 1.31 bits per heavy atom. The molecule has 1 amide bonds. The molecule has 2 unspecified atom stereocenters. The van der Waals surface area contributed by atoms with Crippen LogP contribution in [0.5, 0.6) is 0 Å². The van der Waals surface area contributed by atoms with E-state index in [1.807, 2.05) is 0 Å². The number of carbonyl (C=O) groups excluding carboxylic acids is 1. The van der Waals surface area contributed by atoms with E-state index in [2.05, 4.69) is 0 Å². The number of amides is 1. The van der Waals surface area contributed by atoms with Gasteiger partial charge in [-0.05, 0) is 12.8 Å². The first-order chi connectivity index (χ1) is 7.29. The Balaban J connectivity index is 2.37. The molecule has 0 radical (unpaired) electrons. The van der Waals surface area contributed by atoms with Crippen LogP contribution in [-0.4, -0.2) is 41.9 Å². The molecule has 0 aromatic rings. The molecule has 1 aliphatic rings. The normalized spacial score (nSPS) is 25.4. The number of carbonyl (C=O) groups is 2. The number of rotatable bonds is 3. The predicted molar refractivity (Wildman–Crippen MR) is 44.6 cm³/mol. The highest BCUT2D eigenvalue weighted by Crippen LogP contribution is 2.20. The van der Waals surface area contributed by atoms with E-state index in [1.54, 1.807) is 5.32 Å². The van der Waals surface area contributed by atoms with Crippen molar-refractivity contribution in [1.82, 2.24) is 5.32 Å². The molecule has 0 aromatic carbocycles. The third kappa shape index (κ3) is 3.69. The Bertz CT molecular complexity index is 291. The zero-order chi connectivity index (χ0) is 12.3. The maximum Gasteiger partial charge on any atom is 0.405 e. The van der Waals surface area contributed by atoms with Crippen molar-refractivity contribution in [2.45, 2.75) is 31.2 Å². The van der Waals surface area contributed by atoms with Crippen LogP contribution in [0.3, 0.4) is 0 Å². The predicted octanol–water partition coefficient (Wildman–Crippen LogP) is 0.297. The fourth-order valence-corrected chi connectivity index (χ4v) is 1.31. The number of hydrogen-bond acceptors (Lipinski definition) is 3. The first-order valence-corrected chi connectivity index (χ1v) is 4.52. The van der Waals surface area contributed by atoms with Gasteiger partial charge in [0.1, 0.15) is 12.6 Å². The number of hydrogen-bond donors (Lipinski definition) is 2.